The summed E-state index contributed by atoms with van der Waals surface area (Å²) in [5.74, 6) is -0.248. The number of rotatable bonds is 2. The van der Waals surface area contributed by atoms with E-state index < -0.39 is 29.4 Å². The molecule has 2 aromatic rings. The van der Waals surface area contributed by atoms with Crippen LogP contribution in [0.15, 0.2) is 24.4 Å². The maximum absolute atomic E-state index is 13.2. The van der Waals surface area contributed by atoms with E-state index in [1.807, 2.05) is 13.8 Å². The Hall–Kier alpha value is -2.56. The van der Waals surface area contributed by atoms with Crippen LogP contribution in [0.2, 0.25) is 0 Å². The minimum absolute atomic E-state index is 0.0276. The number of aromatic nitrogens is 2. The van der Waals surface area contributed by atoms with Gasteiger partial charge in [0.15, 0.2) is 0 Å². The van der Waals surface area contributed by atoms with E-state index in [0.29, 0.717) is 31.8 Å². The van der Waals surface area contributed by atoms with E-state index in [4.69, 9.17) is 4.74 Å². The summed E-state index contributed by atoms with van der Waals surface area (Å²) in [6.45, 7) is 4.70. The molecular formula is C22H23F6N3O2. The number of ether oxygens (including phenoxy) is 1. The first-order valence-electron chi connectivity index (χ1n) is 10.6. The number of hydrogen-bond acceptors (Lipinski definition) is 3. The first kappa shape index (κ1) is 23.6. The minimum atomic E-state index is -4.89. The van der Waals surface area contributed by atoms with Crippen molar-refractivity contribution in [1.29, 1.82) is 0 Å². The summed E-state index contributed by atoms with van der Waals surface area (Å²) in [6, 6.07) is 1.70. The van der Waals surface area contributed by atoms with Crippen LogP contribution in [0, 0.1) is 0 Å². The van der Waals surface area contributed by atoms with Crippen molar-refractivity contribution >= 4 is 5.91 Å². The lowest BCUT2D eigenvalue weighted by Crippen LogP contribution is -2.48. The number of carbonyl (C=O) groups excluding carboxylic acids is 1. The zero-order chi connectivity index (χ0) is 24.1. The summed E-state index contributed by atoms with van der Waals surface area (Å²) in [7, 11) is 0. The average molecular weight is 475 g/mol. The van der Waals surface area contributed by atoms with E-state index in [0.717, 1.165) is 12.1 Å². The number of halogens is 6. The Kier molecular flexibility index (Phi) is 5.96. The van der Waals surface area contributed by atoms with Crippen LogP contribution >= 0.6 is 0 Å². The molecule has 1 fully saturated rings. The molecule has 5 nitrogen and oxygen atoms in total. The van der Waals surface area contributed by atoms with Crippen LogP contribution in [-0.4, -0.2) is 45.7 Å². The third-order valence-electron chi connectivity index (χ3n) is 6.00. The van der Waals surface area contributed by atoms with Crippen LogP contribution in [0.1, 0.15) is 59.2 Å². The number of hydrogen-bond donors (Lipinski definition) is 0. The second-order valence-corrected chi connectivity index (χ2v) is 8.74. The Labute approximate surface area is 186 Å². The van der Waals surface area contributed by atoms with Gasteiger partial charge >= 0.3 is 12.4 Å². The first-order valence-corrected chi connectivity index (χ1v) is 10.6. The van der Waals surface area contributed by atoms with Crippen molar-refractivity contribution in [1.82, 2.24) is 14.5 Å². The van der Waals surface area contributed by atoms with E-state index in [-0.39, 0.29) is 42.0 Å². The molecule has 4 rings (SSSR count). The lowest BCUT2D eigenvalue weighted by Gasteiger charge is -2.34. The van der Waals surface area contributed by atoms with Gasteiger partial charge in [-0.1, -0.05) is 0 Å². The molecule has 33 heavy (non-hydrogen) atoms. The molecule has 1 amide bonds. The normalized spacial score (nSPS) is 24.0. The van der Waals surface area contributed by atoms with Gasteiger partial charge in [0.1, 0.15) is 11.5 Å². The Bertz CT molecular complexity index is 1000. The molecular weight excluding hydrogens is 452 g/mol. The highest BCUT2D eigenvalue weighted by molar-refractivity contribution is 5.92. The van der Waals surface area contributed by atoms with Crippen LogP contribution in [-0.2, 0) is 30.1 Å². The summed E-state index contributed by atoms with van der Waals surface area (Å²) < 4.78 is 86.7. The molecule has 2 aliphatic rings. The second-order valence-electron chi connectivity index (χ2n) is 8.74. The topological polar surface area (TPSA) is 47.4 Å². The van der Waals surface area contributed by atoms with Gasteiger partial charge in [0.25, 0.3) is 5.91 Å². The summed E-state index contributed by atoms with van der Waals surface area (Å²) in [6.07, 6.45) is -7.83. The number of imidazole rings is 1. The maximum Gasteiger partial charge on any atom is 0.416 e. The fourth-order valence-electron chi connectivity index (χ4n) is 4.54. The number of amides is 1. The second kappa shape index (κ2) is 8.34. The summed E-state index contributed by atoms with van der Waals surface area (Å²) in [4.78, 5) is 18.9. The predicted octanol–water partition coefficient (Wildman–Crippen LogP) is 4.90. The van der Waals surface area contributed by atoms with Gasteiger partial charge < -0.3 is 14.2 Å². The highest BCUT2D eigenvalue weighted by Crippen LogP contribution is 2.39. The van der Waals surface area contributed by atoms with Crippen molar-refractivity contribution in [2.45, 2.75) is 63.7 Å². The predicted molar refractivity (Wildman–Crippen MR) is 106 cm³/mol. The molecule has 1 saturated heterocycles. The third-order valence-corrected chi connectivity index (χ3v) is 6.00. The number of fused-ring (bicyclic) bond motifs is 1. The minimum Gasteiger partial charge on any atom is -0.372 e. The molecule has 0 aliphatic carbocycles. The molecule has 1 aromatic carbocycles. The Morgan fingerprint density at radius 3 is 2.09 bits per heavy atom. The Balaban J connectivity index is 1.59. The fourth-order valence-corrected chi connectivity index (χ4v) is 4.54. The molecule has 3 heterocycles. The van der Waals surface area contributed by atoms with E-state index in [1.165, 1.54) is 6.20 Å². The van der Waals surface area contributed by atoms with E-state index in [1.54, 1.807) is 9.47 Å². The van der Waals surface area contributed by atoms with Gasteiger partial charge in [-0.05, 0) is 44.0 Å². The molecule has 0 radical (unpaired) electrons. The van der Waals surface area contributed by atoms with E-state index >= 15 is 0 Å². The van der Waals surface area contributed by atoms with Crippen LogP contribution in [0.25, 0.3) is 0 Å². The van der Waals surface area contributed by atoms with Crippen molar-refractivity contribution < 1.29 is 35.9 Å². The monoisotopic (exact) mass is 475 g/mol. The van der Waals surface area contributed by atoms with Crippen molar-refractivity contribution in [2.24, 2.45) is 0 Å². The van der Waals surface area contributed by atoms with Gasteiger partial charge in [-0.15, -0.1) is 0 Å². The van der Waals surface area contributed by atoms with Crippen molar-refractivity contribution in [3.05, 3.63) is 52.6 Å². The Morgan fingerprint density at radius 2 is 1.55 bits per heavy atom. The first-order chi connectivity index (χ1) is 15.3. The SMILES string of the molecule is C[C@@H]1CN(C(=O)c2cn3c(n2)CC[C@@H](c2cc(C(F)(F)F)cc(C(F)(F)F)c2)C3)C[C@H](C)O1. The van der Waals surface area contributed by atoms with Crippen molar-refractivity contribution in [3.8, 4) is 0 Å². The average Bonchev–Trinajstić information content (AvgIpc) is 3.14. The molecule has 180 valence electrons. The van der Waals surface area contributed by atoms with Crippen LogP contribution in [0.3, 0.4) is 0 Å². The smallest absolute Gasteiger partial charge is 0.372 e. The van der Waals surface area contributed by atoms with Crippen LogP contribution in [0.5, 0.6) is 0 Å². The van der Waals surface area contributed by atoms with Gasteiger partial charge in [0.05, 0.1) is 23.3 Å². The maximum atomic E-state index is 13.2. The number of benzene rings is 1. The van der Waals surface area contributed by atoms with Crippen LogP contribution < -0.4 is 0 Å². The number of carbonyl (C=O) groups is 1. The lowest BCUT2D eigenvalue weighted by atomic mass is 9.89. The Morgan fingerprint density at radius 1 is 0.970 bits per heavy atom. The van der Waals surface area contributed by atoms with Gasteiger partial charge in [-0.3, -0.25) is 4.79 Å². The van der Waals surface area contributed by atoms with E-state index in [9.17, 15) is 31.1 Å². The number of morpholine rings is 1. The molecule has 0 N–H and O–H groups in total. The number of aryl methyl sites for hydroxylation is 1. The zero-order valence-electron chi connectivity index (χ0n) is 18.0. The standard InChI is InChI=1S/C22H23F6N3O2/c1-12-8-31(9-13(2)33-12)20(32)18-11-30-10-14(3-4-19(30)29-18)15-5-16(21(23,24)25)7-17(6-15)22(26,27)28/h5-7,11-14H,3-4,8-10H2,1-2H3/t12-,13+,14-/m1/s1. The van der Waals surface area contributed by atoms with Crippen molar-refractivity contribution in [2.75, 3.05) is 13.1 Å². The lowest BCUT2D eigenvalue weighted by molar-refractivity contribution is -0.143. The highest BCUT2D eigenvalue weighted by atomic mass is 19.4. The van der Waals surface area contributed by atoms with Gasteiger partial charge in [0.2, 0.25) is 0 Å². The summed E-state index contributed by atoms with van der Waals surface area (Å²) in [5.41, 5.74) is -2.46. The van der Waals surface area contributed by atoms with E-state index in [2.05, 4.69) is 4.98 Å². The molecule has 0 bridgehead atoms. The van der Waals surface area contributed by atoms with Gasteiger partial charge in [0, 0.05) is 38.2 Å². The third kappa shape index (κ3) is 5.02. The fraction of sp³-hybridized carbons (Fsp3) is 0.545. The molecule has 11 heteroatoms. The summed E-state index contributed by atoms with van der Waals surface area (Å²) in [5, 5.41) is 0. The van der Waals surface area contributed by atoms with Gasteiger partial charge in [-0.2, -0.15) is 26.3 Å². The van der Waals surface area contributed by atoms with Crippen molar-refractivity contribution in [3.63, 3.8) is 0 Å². The number of nitrogens with zero attached hydrogens (tertiary/aromatic N) is 3. The van der Waals surface area contributed by atoms with Crippen LogP contribution in [0.4, 0.5) is 26.3 Å². The molecule has 2 aliphatic heterocycles. The number of alkyl halides is 6. The molecule has 3 atom stereocenters. The highest BCUT2D eigenvalue weighted by Gasteiger charge is 2.38. The zero-order valence-corrected chi connectivity index (χ0v) is 18.0. The quantitative estimate of drug-likeness (QED) is 0.581. The molecule has 0 unspecified atom stereocenters. The molecule has 1 aromatic heterocycles. The molecule has 0 spiro atoms. The van der Waals surface area contributed by atoms with Gasteiger partial charge in [-0.25, -0.2) is 4.98 Å². The largest absolute Gasteiger partial charge is 0.416 e. The summed E-state index contributed by atoms with van der Waals surface area (Å²) >= 11 is 0. The molecule has 0 saturated carbocycles.